The monoisotopic (exact) mass is 281 g/mol. The maximum atomic E-state index is 11.4. The van der Waals surface area contributed by atoms with Crippen LogP contribution in [0.1, 0.15) is 45.0 Å². The summed E-state index contributed by atoms with van der Waals surface area (Å²) < 4.78 is 11.8. The van der Waals surface area contributed by atoms with Crippen molar-refractivity contribution in [2.75, 3.05) is 0 Å². The quantitative estimate of drug-likeness (QED) is 0.474. The van der Waals surface area contributed by atoms with Gasteiger partial charge in [-0.05, 0) is 40.7 Å². The van der Waals surface area contributed by atoms with Crippen LogP contribution in [0.15, 0.2) is 12.3 Å². The van der Waals surface area contributed by atoms with E-state index in [4.69, 9.17) is 20.9 Å². The highest BCUT2D eigenvalue weighted by atomic mass is 35.5. The number of nitrogens with zero attached hydrogens (tertiary/aromatic N) is 1. The lowest BCUT2D eigenvalue weighted by atomic mass is 9.79. The molecular formula is C13H17BClNO3. The smallest absolute Gasteiger partial charge is 0.399 e. The zero-order chi connectivity index (χ0) is 14.4. The second-order valence-corrected chi connectivity index (χ2v) is 6.11. The fraction of sp³-hybridized carbons (Fsp3) is 0.538. The summed E-state index contributed by atoms with van der Waals surface area (Å²) in [7, 11) is -0.607. The minimum absolute atomic E-state index is 0.0677. The van der Waals surface area contributed by atoms with Gasteiger partial charge in [-0.1, -0.05) is 11.6 Å². The first-order valence-electron chi connectivity index (χ1n) is 6.16. The molecule has 0 spiro atoms. The number of rotatable bonds is 2. The van der Waals surface area contributed by atoms with E-state index < -0.39 is 18.3 Å². The first-order chi connectivity index (χ1) is 8.64. The van der Waals surface area contributed by atoms with Gasteiger partial charge >= 0.3 is 7.12 Å². The van der Waals surface area contributed by atoms with Gasteiger partial charge in [0.15, 0.2) is 5.78 Å². The van der Waals surface area contributed by atoms with E-state index >= 15 is 0 Å². The van der Waals surface area contributed by atoms with Crippen molar-refractivity contribution in [3.05, 3.63) is 23.0 Å². The number of carbonyl (C=O) groups excluding carboxylic acids is 1. The summed E-state index contributed by atoms with van der Waals surface area (Å²) in [6.45, 7) is 9.33. The van der Waals surface area contributed by atoms with Gasteiger partial charge < -0.3 is 9.31 Å². The third-order valence-corrected chi connectivity index (χ3v) is 4.10. The lowest BCUT2D eigenvalue weighted by Crippen LogP contribution is -2.41. The van der Waals surface area contributed by atoms with Crippen molar-refractivity contribution in [2.45, 2.75) is 45.8 Å². The van der Waals surface area contributed by atoms with E-state index in [1.54, 1.807) is 6.07 Å². The Morgan fingerprint density at radius 3 is 2.26 bits per heavy atom. The van der Waals surface area contributed by atoms with Crippen LogP contribution in [-0.2, 0) is 9.31 Å². The van der Waals surface area contributed by atoms with Gasteiger partial charge in [0, 0.05) is 17.2 Å². The van der Waals surface area contributed by atoms with E-state index in [2.05, 4.69) is 4.98 Å². The maximum absolute atomic E-state index is 11.4. The predicted molar refractivity (Wildman–Crippen MR) is 75.0 cm³/mol. The Morgan fingerprint density at radius 2 is 1.79 bits per heavy atom. The summed E-state index contributed by atoms with van der Waals surface area (Å²) in [6.07, 6.45) is 1.46. The molecule has 0 amide bonds. The Morgan fingerprint density at radius 1 is 1.26 bits per heavy atom. The van der Waals surface area contributed by atoms with Crippen LogP contribution in [0.3, 0.4) is 0 Å². The summed E-state index contributed by atoms with van der Waals surface area (Å²) in [5, 5.41) is 0.295. The number of ketones is 1. The van der Waals surface area contributed by atoms with Crippen LogP contribution in [0.2, 0.25) is 5.15 Å². The second-order valence-electron chi connectivity index (χ2n) is 5.75. The molecular weight excluding hydrogens is 264 g/mol. The molecule has 0 saturated carbocycles. The average Bonchev–Trinajstić information content (AvgIpc) is 2.48. The largest absolute Gasteiger partial charge is 0.498 e. The van der Waals surface area contributed by atoms with E-state index in [1.807, 2.05) is 27.7 Å². The summed E-state index contributed by atoms with van der Waals surface area (Å²) in [4.78, 5) is 15.4. The molecule has 19 heavy (non-hydrogen) atoms. The molecule has 2 rings (SSSR count). The molecule has 0 bridgehead atoms. The molecule has 0 aromatic carbocycles. The van der Waals surface area contributed by atoms with Gasteiger partial charge in [-0.25, -0.2) is 4.98 Å². The van der Waals surface area contributed by atoms with Gasteiger partial charge in [-0.2, -0.15) is 0 Å². The zero-order valence-corrected chi connectivity index (χ0v) is 12.5. The molecule has 1 aliphatic rings. The summed E-state index contributed by atoms with van der Waals surface area (Å²) >= 11 is 6.08. The lowest BCUT2D eigenvalue weighted by Gasteiger charge is -2.32. The predicted octanol–water partition coefficient (Wildman–Crippen LogP) is 2.24. The average molecular weight is 282 g/mol. The number of pyridine rings is 1. The number of carbonyl (C=O) groups is 1. The van der Waals surface area contributed by atoms with E-state index in [0.717, 1.165) is 0 Å². The molecule has 1 aromatic rings. The van der Waals surface area contributed by atoms with Gasteiger partial charge in [0.1, 0.15) is 5.15 Å². The fourth-order valence-electron chi connectivity index (χ4n) is 1.79. The van der Waals surface area contributed by atoms with Crippen LogP contribution >= 0.6 is 11.6 Å². The van der Waals surface area contributed by atoms with Gasteiger partial charge in [0.2, 0.25) is 0 Å². The van der Waals surface area contributed by atoms with Gasteiger partial charge in [0.25, 0.3) is 0 Å². The van der Waals surface area contributed by atoms with Crippen LogP contribution in [-0.4, -0.2) is 29.1 Å². The SMILES string of the molecule is CC(=O)c1cnc(Cl)c(B2OC(C)(C)C(C)(C)O2)c1. The Balaban J connectivity index is 2.39. The van der Waals surface area contributed by atoms with Crippen molar-refractivity contribution in [1.82, 2.24) is 4.98 Å². The molecule has 0 N–H and O–H groups in total. The number of aromatic nitrogens is 1. The first kappa shape index (κ1) is 14.5. The highest BCUT2D eigenvalue weighted by Crippen LogP contribution is 2.36. The molecule has 0 aliphatic carbocycles. The van der Waals surface area contributed by atoms with Gasteiger partial charge in [-0.15, -0.1) is 0 Å². The minimum Gasteiger partial charge on any atom is -0.399 e. The normalized spacial score (nSPS) is 20.6. The van der Waals surface area contributed by atoms with Gasteiger partial charge in [0.05, 0.1) is 11.2 Å². The topological polar surface area (TPSA) is 48.4 Å². The Kier molecular flexibility index (Phi) is 3.50. The van der Waals surface area contributed by atoms with Crippen LogP contribution in [0.25, 0.3) is 0 Å². The molecule has 1 aromatic heterocycles. The maximum Gasteiger partial charge on any atom is 0.498 e. The lowest BCUT2D eigenvalue weighted by molar-refractivity contribution is 0.00578. The molecule has 0 atom stereocenters. The zero-order valence-electron chi connectivity index (χ0n) is 11.8. The van der Waals surface area contributed by atoms with Crippen LogP contribution < -0.4 is 5.46 Å². The summed E-state index contributed by atoms with van der Waals surface area (Å²) in [5.41, 5.74) is 0.183. The minimum atomic E-state index is -0.607. The number of Topliss-reactive ketones (excluding diaryl/α,β-unsaturated/α-hetero) is 1. The summed E-state index contributed by atoms with van der Waals surface area (Å²) in [5.74, 6) is -0.0677. The standard InChI is InChI=1S/C13H17BClNO3/c1-8(17)9-6-10(11(15)16-7-9)14-18-12(2,3)13(4,5)19-14/h6-7H,1-5H3. The van der Waals surface area contributed by atoms with Crippen molar-refractivity contribution in [2.24, 2.45) is 0 Å². The fourth-order valence-corrected chi connectivity index (χ4v) is 1.99. The molecule has 102 valence electrons. The van der Waals surface area contributed by atoms with Crippen LogP contribution in [0, 0.1) is 0 Å². The Bertz CT molecular complexity index is 515. The summed E-state index contributed by atoms with van der Waals surface area (Å²) in [6, 6.07) is 1.68. The second kappa shape index (κ2) is 4.58. The molecule has 6 heteroatoms. The van der Waals surface area contributed by atoms with Crippen LogP contribution in [0.4, 0.5) is 0 Å². The van der Waals surface area contributed by atoms with Crippen LogP contribution in [0.5, 0.6) is 0 Å². The Hall–Kier alpha value is -0.905. The molecule has 2 heterocycles. The molecule has 1 fully saturated rings. The highest BCUT2D eigenvalue weighted by Gasteiger charge is 2.52. The van der Waals surface area contributed by atoms with E-state index in [9.17, 15) is 4.79 Å². The molecule has 4 nitrogen and oxygen atoms in total. The Labute approximate surface area is 118 Å². The van der Waals surface area contributed by atoms with Gasteiger partial charge in [-0.3, -0.25) is 4.79 Å². The number of hydrogen-bond acceptors (Lipinski definition) is 4. The van der Waals surface area contributed by atoms with E-state index in [1.165, 1.54) is 13.1 Å². The third kappa shape index (κ3) is 2.55. The van der Waals surface area contributed by atoms with Crippen molar-refractivity contribution in [1.29, 1.82) is 0 Å². The molecule has 1 saturated heterocycles. The first-order valence-corrected chi connectivity index (χ1v) is 6.54. The van der Waals surface area contributed by atoms with Crippen molar-refractivity contribution in [3.63, 3.8) is 0 Å². The third-order valence-electron chi connectivity index (χ3n) is 3.78. The number of hydrogen-bond donors (Lipinski definition) is 0. The molecule has 0 unspecified atom stereocenters. The van der Waals surface area contributed by atoms with E-state index in [0.29, 0.717) is 16.2 Å². The van der Waals surface area contributed by atoms with Crippen molar-refractivity contribution in [3.8, 4) is 0 Å². The highest BCUT2D eigenvalue weighted by molar-refractivity contribution is 6.65. The number of halogens is 1. The van der Waals surface area contributed by atoms with Crippen molar-refractivity contribution < 1.29 is 14.1 Å². The molecule has 0 radical (unpaired) electrons. The molecule has 1 aliphatic heterocycles. The van der Waals surface area contributed by atoms with E-state index in [-0.39, 0.29) is 5.78 Å². The van der Waals surface area contributed by atoms with Crippen molar-refractivity contribution >= 4 is 30.0 Å².